The quantitative estimate of drug-likeness (QED) is 0.0612. The highest BCUT2D eigenvalue weighted by atomic mass is 16.4. The maximum Gasteiger partial charge on any atom is 0.328 e. The number of carboxylic acids is 1. The van der Waals surface area contributed by atoms with Gasteiger partial charge in [-0.15, -0.1) is 0 Å². The van der Waals surface area contributed by atoms with E-state index in [1.807, 2.05) is 0 Å². The Kier molecular flexibility index (Phi) is 14.3. The maximum absolute atomic E-state index is 12.5. The van der Waals surface area contributed by atoms with Gasteiger partial charge in [0, 0.05) is 6.54 Å². The van der Waals surface area contributed by atoms with Gasteiger partial charge in [0.15, 0.2) is 12.0 Å². The number of rotatable bonds is 16. The SMILES string of the molecule is C[C@@H](O)[C@H](NC(=O)[C@H](CCCCN)NC(=O)CNC(=O)[C@@H](N)CCCN=C(N)N)C(=O)O. The minimum absolute atomic E-state index is 0.0622. The van der Waals surface area contributed by atoms with Crippen molar-refractivity contribution in [3.05, 3.63) is 0 Å². The maximum atomic E-state index is 12.5. The number of hydrogen-bond donors (Lipinski definition) is 9. The van der Waals surface area contributed by atoms with Crippen LogP contribution in [0.3, 0.4) is 0 Å². The van der Waals surface area contributed by atoms with E-state index in [0.29, 0.717) is 38.8 Å². The van der Waals surface area contributed by atoms with Crippen molar-refractivity contribution in [2.24, 2.45) is 27.9 Å². The molecule has 0 rings (SSSR count). The summed E-state index contributed by atoms with van der Waals surface area (Å²) in [6.45, 7) is 1.48. The van der Waals surface area contributed by atoms with Gasteiger partial charge >= 0.3 is 5.97 Å². The molecule has 184 valence electrons. The molecule has 0 spiro atoms. The number of guanidine groups is 1. The molecule has 14 nitrogen and oxygen atoms in total. The van der Waals surface area contributed by atoms with Gasteiger partial charge in [0.1, 0.15) is 6.04 Å². The van der Waals surface area contributed by atoms with Gasteiger partial charge < -0.3 is 49.1 Å². The third kappa shape index (κ3) is 12.7. The fourth-order valence-electron chi connectivity index (χ4n) is 2.60. The molecule has 3 amide bonds. The molecule has 0 aromatic rings. The zero-order valence-electron chi connectivity index (χ0n) is 18.3. The van der Waals surface area contributed by atoms with Crippen molar-refractivity contribution in [1.29, 1.82) is 0 Å². The van der Waals surface area contributed by atoms with Gasteiger partial charge in [-0.05, 0) is 45.6 Å². The Labute approximate surface area is 186 Å². The molecule has 0 bridgehead atoms. The van der Waals surface area contributed by atoms with Crippen molar-refractivity contribution >= 4 is 29.7 Å². The van der Waals surface area contributed by atoms with Crippen LogP contribution in [-0.4, -0.2) is 83.7 Å². The number of aliphatic imine (C=N–C) groups is 1. The van der Waals surface area contributed by atoms with E-state index in [1.54, 1.807) is 0 Å². The van der Waals surface area contributed by atoms with Gasteiger partial charge in [-0.25, -0.2) is 4.79 Å². The van der Waals surface area contributed by atoms with Crippen LogP contribution in [0.15, 0.2) is 4.99 Å². The van der Waals surface area contributed by atoms with Gasteiger partial charge in [0.05, 0.1) is 18.7 Å². The number of amides is 3. The second kappa shape index (κ2) is 15.8. The van der Waals surface area contributed by atoms with Crippen LogP contribution in [0.25, 0.3) is 0 Å². The third-order valence-corrected chi connectivity index (χ3v) is 4.37. The van der Waals surface area contributed by atoms with E-state index in [1.165, 1.54) is 6.92 Å². The molecule has 0 aliphatic heterocycles. The first-order chi connectivity index (χ1) is 15.0. The minimum Gasteiger partial charge on any atom is -0.480 e. The summed E-state index contributed by atoms with van der Waals surface area (Å²) in [4.78, 5) is 51.7. The molecule has 0 aromatic carbocycles. The first-order valence-electron chi connectivity index (χ1n) is 10.3. The zero-order chi connectivity index (χ0) is 24.7. The molecule has 32 heavy (non-hydrogen) atoms. The Hall–Kier alpha value is -2.97. The van der Waals surface area contributed by atoms with Gasteiger partial charge in [-0.3, -0.25) is 19.4 Å². The molecule has 0 unspecified atom stereocenters. The molecule has 0 saturated heterocycles. The van der Waals surface area contributed by atoms with Crippen molar-refractivity contribution < 1.29 is 29.4 Å². The molecule has 13 N–H and O–H groups in total. The van der Waals surface area contributed by atoms with Crippen LogP contribution in [-0.2, 0) is 19.2 Å². The Balaban J connectivity index is 4.76. The minimum atomic E-state index is -1.53. The molecule has 0 aliphatic rings. The van der Waals surface area contributed by atoms with Crippen molar-refractivity contribution in [1.82, 2.24) is 16.0 Å². The lowest BCUT2D eigenvalue weighted by Crippen LogP contribution is -2.56. The number of aliphatic hydroxyl groups excluding tert-OH is 1. The van der Waals surface area contributed by atoms with Gasteiger partial charge in [-0.1, -0.05) is 0 Å². The molecule has 0 aliphatic carbocycles. The van der Waals surface area contributed by atoms with Crippen LogP contribution in [0.4, 0.5) is 0 Å². The van der Waals surface area contributed by atoms with E-state index < -0.39 is 54.5 Å². The highest BCUT2D eigenvalue weighted by molar-refractivity contribution is 5.92. The van der Waals surface area contributed by atoms with E-state index >= 15 is 0 Å². The molecular weight excluding hydrogens is 424 g/mol. The van der Waals surface area contributed by atoms with E-state index in [2.05, 4.69) is 20.9 Å². The molecule has 0 aromatic heterocycles. The number of nitrogens with one attached hydrogen (secondary N) is 3. The van der Waals surface area contributed by atoms with Gasteiger partial charge in [-0.2, -0.15) is 0 Å². The van der Waals surface area contributed by atoms with Crippen LogP contribution >= 0.6 is 0 Å². The van der Waals surface area contributed by atoms with Gasteiger partial charge in [0.2, 0.25) is 17.7 Å². The van der Waals surface area contributed by atoms with Crippen molar-refractivity contribution in [2.75, 3.05) is 19.6 Å². The fraction of sp³-hybridized carbons (Fsp3) is 0.722. The molecule has 0 heterocycles. The largest absolute Gasteiger partial charge is 0.480 e. The van der Waals surface area contributed by atoms with Gasteiger partial charge in [0.25, 0.3) is 0 Å². The number of aliphatic carboxylic acids is 1. The summed E-state index contributed by atoms with van der Waals surface area (Å²) in [6.07, 6.45) is 0.696. The molecule has 0 saturated carbocycles. The molecular formula is C18H36N8O6. The van der Waals surface area contributed by atoms with E-state index in [-0.39, 0.29) is 12.4 Å². The predicted octanol–water partition coefficient (Wildman–Crippen LogP) is -3.95. The standard InChI is InChI=1S/C18H36N8O6/c1-10(27)14(17(31)32)26-16(30)12(6-2-3-7-19)25-13(28)9-24-15(29)11(20)5-4-8-23-18(21)22/h10-12,14,27H,2-9,19-20H2,1H3,(H,24,29)(H,25,28)(H,26,30)(H,31,32)(H4,21,22,23)/t10-,11+,12+,14+/m1/s1. The number of carbonyl (C=O) groups is 4. The third-order valence-electron chi connectivity index (χ3n) is 4.37. The lowest BCUT2D eigenvalue weighted by Gasteiger charge is -2.23. The topological polar surface area (TPSA) is 261 Å². The summed E-state index contributed by atoms with van der Waals surface area (Å²) < 4.78 is 0. The summed E-state index contributed by atoms with van der Waals surface area (Å²) in [6, 6.07) is -3.48. The second-order valence-corrected chi connectivity index (χ2v) is 7.24. The average Bonchev–Trinajstić information content (AvgIpc) is 2.71. The van der Waals surface area contributed by atoms with E-state index in [9.17, 15) is 24.3 Å². The highest BCUT2D eigenvalue weighted by Gasteiger charge is 2.29. The van der Waals surface area contributed by atoms with Crippen LogP contribution in [0, 0.1) is 0 Å². The summed E-state index contributed by atoms with van der Waals surface area (Å²) >= 11 is 0. The normalized spacial score (nSPS) is 14.4. The van der Waals surface area contributed by atoms with Crippen LogP contribution < -0.4 is 38.9 Å². The Bertz CT molecular complexity index is 653. The van der Waals surface area contributed by atoms with Crippen LogP contribution in [0.2, 0.25) is 0 Å². The highest BCUT2D eigenvalue weighted by Crippen LogP contribution is 2.03. The monoisotopic (exact) mass is 460 g/mol. The van der Waals surface area contributed by atoms with E-state index in [0.717, 1.165) is 0 Å². The number of unbranched alkanes of at least 4 members (excludes halogenated alkanes) is 1. The predicted molar refractivity (Wildman–Crippen MR) is 117 cm³/mol. The fourth-order valence-corrected chi connectivity index (χ4v) is 2.60. The summed E-state index contributed by atoms with van der Waals surface area (Å²) in [5.74, 6) is -3.47. The molecule has 0 radical (unpaired) electrons. The van der Waals surface area contributed by atoms with Crippen LogP contribution in [0.1, 0.15) is 39.0 Å². The lowest BCUT2D eigenvalue weighted by atomic mass is 10.1. The first kappa shape index (κ1) is 29.0. The number of nitrogens with zero attached hydrogens (tertiary/aromatic N) is 1. The van der Waals surface area contributed by atoms with Crippen molar-refractivity contribution in [2.45, 2.75) is 63.3 Å². The summed E-state index contributed by atoms with van der Waals surface area (Å²) in [5, 5.41) is 25.7. The van der Waals surface area contributed by atoms with E-state index in [4.69, 9.17) is 28.0 Å². The smallest absolute Gasteiger partial charge is 0.328 e. The molecule has 0 fully saturated rings. The van der Waals surface area contributed by atoms with Crippen LogP contribution in [0.5, 0.6) is 0 Å². The molecule has 4 atom stereocenters. The summed E-state index contributed by atoms with van der Waals surface area (Å²) in [7, 11) is 0. The first-order valence-corrected chi connectivity index (χ1v) is 10.3. The Morgan fingerprint density at radius 1 is 1.00 bits per heavy atom. The number of carboxylic acid groups (broad SMARTS) is 1. The second-order valence-electron chi connectivity index (χ2n) is 7.24. The Morgan fingerprint density at radius 2 is 1.66 bits per heavy atom. The average molecular weight is 461 g/mol. The number of hydrogen-bond acceptors (Lipinski definition) is 8. The number of nitrogens with two attached hydrogens (primary N) is 4. The van der Waals surface area contributed by atoms with Crippen molar-refractivity contribution in [3.63, 3.8) is 0 Å². The van der Waals surface area contributed by atoms with Crippen molar-refractivity contribution in [3.8, 4) is 0 Å². The summed E-state index contributed by atoms with van der Waals surface area (Å²) in [5.41, 5.74) is 21.6. The Morgan fingerprint density at radius 3 is 2.19 bits per heavy atom. The lowest BCUT2D eigenvalue weighted by molar-refractivity contribution is -0.145. The zero-order valence-corrected chi connectivity index (χ0v) is 18.3. The number of aliphatic hydroxyl groups is 1. The molecule has 14 heteroatoms. The number of carbonyl (C=O) groups excluding carboxylic acids is 3.